The molecule has 0 fully saturated rings. The molecule has 5 nitrogen and oxygen atoms in total. The van der Waals surface area contributed by atoms with Crippen LogP contribution in [0, 0.1) is 5.82 Å². The Kier molecular flexibility index (Phi) is 6.13. The van der Waals surface area contributed by atoms with Gasteiger partial charge < -0.3 is 5.32 Å². The average Bonchev–Trinajstić information content (AvgIpc) is 2.79. The number of thioether (sulfide) groups is 1. The van der Waals surface area contributed by atoms with E-state index >= 15 is 0 Å². The van der Waals surface area contributed by atoms with E-state index in [2.05, 4.69) is 10.3 Å². The largest absolute Gasteiger partial charge is 0.351 e. The third kappa shape index (κ3) is 4.67. The quantitative estimate of drug-likeness (QED) is 0.363. The topological polar surface area (TPSA) is 64.0 Å². The van der Waals surface area contributed by atoms with Crippen LogP contribution in [0.25, 0.3) is 16.6 Å². The molecule has 0 spiro atoms. The molecule has 0 saturated heterocycles. The second kappa shape index (κ2) is 9.14. The van der Waals surface area contributed by atoms with Crippen molar-refractivity contribution in [3.8, 4) is 5.69 Å². The van der Waals surface area contributed by atoms with Crippen LogP contribution in [-0.4, -0.2) is 20.7 Å². The number of halogens is 1. The summed E-state index contributed by atoms with van der Waals surface area (Å²) in [6.45, 7) is 2.18. The van der Waals surface area contributed by atoms with E-state index < -0.39 is 11.1 Å². The van der Waals surface area contributed by atoms with Crippen LogP contribution >= 0.6 is 11.8 Å². The predicted octanol–water partition coefficient (Wildman–Crippen LogP) is 4.32. The first-order valence-electron chi connectivity index (χ1n) is 9.79. The van der Waals surface area contributed by atoms with Gasteiger partial charge >= 0.3 is 0 Å². The number of carbonyl (C=O) groups is 1. The summed E-state index contributed by atoms with van der Waals surface area (Å²) in [6.07, 6.45) is 0. The molecular formula is C24H20FN3O2S. The van der Waals surface area contributed by atoms with E-state index in [4.69, 9.17) is 0 Å². The first kappa shape index (κ1) is 20.8. The van der Waals surface area contributed by atoms with Gasteiger partial charge in [0.15, 0.2) is 5.16 Å². The van der Waals surface area contributed by atoms with Gasteiger partial charge in [0.1, 0.15) is 5.82 Å². The fourth-order valence-electron chi connectivity index (χ4n) is 3.15. The second-order valence-corrected chi connectivity index (χ2v) is 8.30. The number of rotatable bonds is 6. The highest BCUT2D eigenvalue weighted by molar-refractivity contribution is 8.00. The van der Waals surface area contributed by atoms with E-state index in [0.717, 1.165) is 5.56 Å². The van der Waals surface area contributed by atoms with Crippen molar-refractivity contribution < 1.29 is 9.18 Å². The Labute approximate surface area is 182 Å². The van der Waals surface area contributed by atoms with Crippen molar-refractivity contribution in [2.24, 2.45) is 0 Å². The molecule has 0 saturated carbocycles. The zero-order valence-corrected chi connectivity index (χ0v) is 17.6. The van der Waals surface area contributed by atoms with Gasteiger partial charge in [-0.2, -0.15) is 0 Å². The molecule has 1 aromatic heterocycles. The zero-order valence-electron chi connectivity index (χ0n) is 16.8. The van der Waals surface area contributed by atoms with Crippen molar-refractivity contribution in [1.29, 1.82) is 0 Å². The van der Waals surface area contributed by atoms with Gasteiger partial charge in [-0.05, 0) is 48.9 Å². The summed E-state index contributed by atoms with van der Waals surface area (Å²) in [5.74, 6) is -0.560. The number of amides is 1. The molecule has 1 atom stereocenters. The summed E-state index contributed by atoms with van der Waals surface area (Å²) >= 11 is 1.19. The van der Waals surface area contributed by atoms with Crippen LogP contribution in [0.1, 0.15) is 12.5 Å². The van der Waals surface area contributed by atoms with Crippen LogP contribution in [-0.2, 0) is 11.3 Å². The van der Waals surface area contributed by atoms with Gasteiger partial charge in [-0.25, -0.2) is 9.37 Å². The summed E-state index contributed by atoms with van der Waals surface area (Å²) < 4.78 is 14.9. The number of fused-ring (bicyclic) bond motifs is 1. The minimum atomic E-state index is -0.497. The molecular weight excluding hydrogens is 413 g/mol. The number of aromatic nitrogens is 2. The lowest BCUT2D eigenvalue weighted by molar-refractivity contribution is -0.120. The maximum atomic E-state index is 13.4. The van der Waals surface area contributed by atoms with Gasteiger partial charge in [0.2, 0.25) is 5.91 Å². The second-order valence-electron chi connectivity index (χ2n) is 6.99. The van der Waals surface area contributed by atoms with E-state index in [1.807, 2.05) is 30.3 Å². The maximum absolute atomic E-state index is 13.4. The summed E-state index contributed by atoms with van der Waals surface area (Å²) in [5.41, 5.74) is 1.77. The SMILES string of the molecule is CC(Sc1nc2ccccc2c(=O)n1-c1ccc(F)cc1)C(=O)NCc1ccccc1. The minimum Gasteiger partial charge on any atom is -0.351 e. The van der Waals surface area contributed by atoms with Crippen LogP contribution in [0.15, 0.2) is 88.8 Å². The van der Waals surface area contributed by atoms with Gasteiger partial charge in [-0.1, -0.05) is 54.2 Å². The third-order valence-corrected chi connectivity index (χ3v) is 5.84. The fraction of sp³-hybridized carbons (Fsp3) is 0.125. The monoisotopic (exact) mass is 433 g/mol. The maximum Gasteiger partial charge on any atom is 0.266 e. The first-order chi connectivity index (χ1) is 15.0. The summed E-state index contributed by atoms with van der Waals surface area (Å²) in [7, 11) is 0. The lowest BCUT2D eigenvalue weighted by atomic mass is 10.2. The van der Waals surface area contributed by atoms with Gasteiger partial charge in [-0.15, -0.1) is 0 Å². The normalized spacial score (nSPS) is 11.9. The summed E-state index contributed by atoms with van der Waals surface area (Å²) in [6, 6.07) is 22.3. The van der Waals surface area contributed by atoms with Crippen molar-refractivity contribution >= 4 is 28.6 Å². The number of nitrogens with one attached hydrogen (secondary N) is 1. The van der Waals surface area contributed by atoms with E-state index in [1.54, 1.807) is 31.2 Å². The Hall–Kier alpha value is -3.45. The molecule has 1 unspecified atom stereocenters. The Bertz CT molecular complexity index is 1270. The molecule has 1 heterocycles. The number of benzene rings is 3. The number of hydrogen-bond acceptors (Lipinski definition) is 4. The standard InChI is InChI=1S/C24H20FN3O2S/c1-16(22(29)26-15-17-7-3-2-4-8-17)31-24-27-21-10-6-5-9-20(21)23(30)28(24)19-13-11-18(25)12-14-19/h2-14,16H,15H2,1H3,(H,26,29). The summed E-state index contributed by atoms with van der Waals surface area (Å²) in [4.78, 5) is 30.5. The van der Waals surface area contributed by atoms with Crippen molar-refractivity contribution in [1.82, 2.24) is 14.9 Å². The Morgan fingerprint density at radius 3 is 2.45 bits per heavy atom. The highest BCUT2D eigenvalue weighted by Gasteiger charge is 2.20. The molecule has 156 valence electrons. The highest BCUT2D eigenvalue weighted by Crippen LogP contribution is 2.25. The number of para-hydroxylation sites is 1. The van der Waals surface area contributed by atoms with Crippen molar-refractivity contribution in [2.45, 2.75) is 23.9 Å². The molecule has 4 aromatic rings. The van der Waals surface area contributed by atoms with Crippen LogP contribution < -0.4 is 10.9 Å². The molecule has 1 N–H and O–H groups in total. The molecule has 31 heavy (non-hydrogen) atoms. The highest BCUT2D eigenvalue weighted by atomic mass is 32.2. The molecule has 4 rings (SSSR count). The Morgan fingerprint density at radius 1 is 1.03 bits per heavy atom. The molecule has 3 aromatic carbocycles. The van der Waals surface area contributed by atoms with Gasteiger partial charge in [0, 0.05) is 6.54 Å². The lowest BCUT2D eigenvalue weighted by Gasteiger charge is -2.16. The predicted molar refractivity (Wildman–Crippen MR) is 121 cm³/mol. The molecule has 0 bridgehead atoms. The molecule has 0 aliphatic rings. The lowest BCUT2D eigenvalue weighted by Crippen LogP contribution is -2.31. The Balaban J connectivity index is 1.65. The zero-order chi connectivity index (χ0) is 21.8. The molecule has 0 radical (unpaired) electrons. The Morgan fingerprint density at radius 2 is 1.71 bits per heavy atom. The summed E-state index contributed by atoms with van der Waals surface area (Å²) in [5, 5.41) is 3.24. The van der Waals surface area contributed by atoms with E-state index in [0.29, 0.717) is 28.3 Å². The molecule has 0 aliphatic heterocycles. The van der Waals surface area contributed by atoms with Gasteiger partial charge in [0.25, 0.3) is 5.56 Å². The van der Waals surface area contributed by atoms with Crippen LogP contribution in [0.5, 0.6) is 0 Å². The first-order valence-corrected chi connectivity index (χ1v) is 10.7. The van der Waals surface area contributed by atoms with Gasteiger partial charge in [0.05, 0.1) is 21.8 Å². The number of hydrogen-bond donors (Lipinski definition) is 1. The van der Waals surface area contributed by atoms with E-state index in [9.17, 15) is 14.0 Å². The molecule has 1 amide bonds. The minimum absolute atomic E-state index is 0.165. The van der Waals surface area contributed by atoms with Gasteiger partial charge in [-0.3, -0.25) is 14.2 Å². The van der Waals surface area contributed by atoms with Crippen molar-refractivity contribution in [3.63, 3.8) is 0 Å². The van der Waals surface area contributed by atoms with E-state index in [-0.39, 0.29) is 11.5 Å². The van der Waals surface area contributed by atoms with Crippen molar-refractivity contribution in [2.75, 3.05) is 0 Å². The fourth-order valence-corrected chi connectivity index (χ4v) is 4.10. The van der Waals surface area contributed by atoms with Crippen LogP contribution in [0.2, 0.25) is 0 Å². The van der Waals surface area contributed by atoms with Crippen LogP contribution in [0.4, 0.5) is 4.39 Å². The number of carbonyl (C=O) groups excluding carboxylic acids is 1. The average molecular weight is 434 g/mol. The number of nitrogens with zero attached hydrogens (tertiary/aromatic N) is 2. The molecule has 7 heteroatoms. The van der Waals surface area contributed by atoms with Crippen molar-refractivity contribution in [3.05, 3.63) is 101 Å². The third-order valence-electron chi connectivity index (χ3n) is 4.79. The molecule has 0 aliphatic carbocycles. The smallest absolute Gasteiger partial charge is 0.266 e. The van der Waals surface area contributed by atoms with E-state index in [1.165, 1.54) is 40.6 Å². The van der Waals surface area contributed by atoms with Crippen LogP contribution in [0.3, 0.4) is 0 Å².